The van der Waals surface area contributed by atoms with Crippen LogP contribution in [0, 0.1) is 0 Å². The van der Waals surface area contributed by atoms with E-state index in [0.29, 0.717) is 6.42 Å². The van der Waals surface area contributed by atoms with Gasteiger partial charge in [0.15, 0.2) is 0 Å². The summed E-state index contributed by atoms with van der Waals surface area (Å²) >= 11 is 0. The lowest BCUT2D eigenvalue weighted by molar-refractivity contribution is -0.147. The van der Waals surface area contributed by atoms with Crippen LogP contribution in [-0.4, -0.2) is 21.1 Å². The summed E-state index contributed by atoms with van der Waals surface area (Å²) in [4.78, 5) is 0. The summed E-state index contributed by atoms with van der Waals surface area (Å²) in [7, 11) is 0. The Morgan fingerprint density at radius 2 is 2.12 bits per heavy atom. The van der Waals surface area contributed by atoms with Crippen LogP contribution in [0.15, 0.2) is 11.8 Å². The number of aliphatic hydroxyl groups excluding tert-OH is 1. The number of rotatable bonds is 0. The summed E-state index contributed by atoms with van der Waals surface area (Å²) in [5.74, 6) is -2.25. The van der Waals surface area contributed by atoms with Gasteiger partial charge in [0.05, 0.1) is 0 Å². The third-order valence-corrected chi connectivity index (χ3v) is 1.24. The fourth-order valence-electron chi connectivity index (χ4n) is 0.702. The Bertz CT molecular complexity index is 126. The van der Waals surface area contributed by atoms with Gasteiger partial charge in [-0.15, -0.1) is 0 Å². The molecule has 0 heterocycles. The van der Waals surface area contributed by atoms with E-state index in [-0.39, 0.29) is 12.2 Å². The van der Waals surface area contributed by atoms with Crippen molar-refractivity contribution >= 4 is 0 Å². The second kappa shape index (κ2) is 1.47. The van der Waals surface area contributed by atoms with Crippen LogP contribution in [0.2, 0.25) is 0 Å². The molecule has 0 atom stereocenters. The molecule has 0 aromatic carbocycles. The van der Waals surface area contributed by atoms with E-state index in [2.05, 4.69) is 0 Å². The van der Waals surface area contributed by atoms with Crippen LogP contribution in [0.5, 0.6) is 0 Å². The lowest BCUT2D eigenvalue weighted by Gasteiger charge is -2.13. The van der Waals surface area contributed by atoms with Crippen molar-refractivity contribution in [3.05, 3.63) is 11.8 Å². The van der Waals surface area contributed by atoms with Crippen molar-refractivity contribution in [3.63, 3.8) is 0 Å². The van der Waals surface area contributed by atoms with Crippen LogP contribution >= 0.6 is 0 Å². The molecule has 0 amide bonds. The Hall–Kier alpha value is -0.540. The maximum Gasteiger partial charge on any atom is 0.222 e. The van der Waals surface area contributed by atoms with E-state index in [9.17, 15) is 0 Å². The van der Waals surface area contributed by atoms with Crippen LogP contribution in [0.25, 0.3) is 0 Å². The Labute approximate surface area is 46.9 Å². The van der Waals surface area contributed by atoms with Gasteiger partial charge in [-0.2, -0.15) is 0 Å². The lowest BCUT2D eigenvalue weighted by Crippen LogP contribution is -2.26. The Balaban J connectivity index is 2.73. The van der Waals surface area contributed by atoms with Crippen LogP contribution in [0.3, 0.4) is 0 Å². The minimum atomic E-state index is -1.93. The second-order valence-electron chi connectivity index (χ2n) is 1.94. The molecule has 0 saturated carbocycles. The number of allylic oxidation sites excluding steroid dienone is 1. The van der Waals surface area contributed by atoms with E-state index in [1.807, 2.05) is 0 Å². The van der Waals surface area contributed by atoms with E-state index in [1.54, 1.807) is 0 Å². The molecule has 0 bridgehead atoms. The van der Waals surface area contributed by atoms with Crippen LogP contribution in [-0.2, 0) is 0 Å². The fraction of sp³-hybridized carbons (Fsp3) is 0.600. The lowest BCUT2D eigenvalue weighted by atomic mass is 10.2. The highest BCUT2D eigenvalue weighted by atomic mass is 16.5. The molecular formula is C5H8O3. The van der Waals surface area contributed by atoms with Crippen molar-refractivity contribution in [1.82, 2.24) is 0 Å². The summed E-state index contributed by atoms with van der Waals surface area (Å²) in [6.45, 7) is 0. The van der Waals surface area contributed by atoms with Crippen LogP contribution < -0.4 is 0 Å². The first-order valence-electron chi connectivity index (χ1n) is 2.47. The smallest absolute Gasteiger partial charge is 0.222 e. The molecule has 0 unspecified atom stereocenters. The van der Waals surface area contributed by atoms with Crippen molar-refractivity contribution in [3.8, 4) is 0 Å². The SMILES string of the molecule is OC1=CCCC1(O)O. The van der Waals surface area contributed by atoms with E-state index < -0.39 is 5.79 Å². The summed E-state index contributed by atoms with van der Waals surface area (Å²) in [6, 6.07) is 0. The maximum absolute atomic E-state index is 8.70. The highest BCUT2D eigenvalue weighted by Gasteiger charge is 2.31. The molecule has 1 aliphatic carbocycles. The average molecular weight is 116 g/mol. The molecule has 3 N–H and O–H groups in total. The fourth-order valence-corrected chi connectivity index (χ4v) is 0.702. The van der Waals surface area contributed by atoms with E-state index in [1.165, 1.54) is 6.08 Å². The molecule has 0 aromatic rings. The molecular weight excluding hydrogens is 108 g/mol. The van der Waals surface area contributed by atoms with Crippen LogP contribution in [0.4, 0.5) is 0 Å². The number of hydrogen-bond acceptors (Lipinski definition) is 3. The minimum Gasteiger partial charge on any atom is -0.507 e. The maximum atomic E-state index is 8.70. The van der Waals surface area contributed by atoms with Crippen molar-refractivity contribution in [2.45, 2.75) is 18.6 Å². The van der Waals surface area contributed by atoms with Gasteiger partial charge < -0.3 is 15.3 Å². The van der Waals surface area contributed by atoms with Crippen molar-refractivity contribution in [1.29, 1.82) is 0 Å². The van der Waals surface area contributed by atoms with Gasteiger partial charge in [0.1, 0.15) is 5.76 Å². The van der Waals surface area contributed by atoms with Gasteiger partial charge in [-0.1, -0.05) is 0 Å². The standard InChI is InChI=1S/C5H8O3/c6-4-2-1-3-5(4,7)8/h2,6-8H,1,3H2. The monoisotopic (exact) mass is 116 g/mol. The Morgan fingerprint density at radius 1 is 1.50 bits per heavy atom. The van der Waals surface area contributed by atoms with Gasteiger partial charge in [-0.25, -0.2) is 0 Å². The molecule has 3 heteroatoms. The zero-order chi connectivity index (χ0) is 6.20. The van der Waals surface area contributed by atoms with Gasteiger partial charge in [0.2, 0.25) is 5.79 Å². The molecule has 0 fully saturated rings. The first-order chi connectivity index (χ1) is 3.63. The quantitative estimate of drug-likeness (QED) is 0.387. The molecule has 3 nitrogen and oxygen atoms in total. The highest BCUT2D eigenvalue weighted by Crippen LogP contribution is 2.24. The number of aliphatic hydroxyl groups is 3. The highest BCUT2D eigenvalue weighted by molar-refractivity contribution is 5.09. The molecule has 1 aliphatic rings. The van der Waals surface area contributed by atoms with Crippen molar-refractivity contribution < 1.29 is 15.3 Å². The minimum absolute atomic E-state index is 0.207. The molecule has 0 aliphatic heterocycles. The third kappa shape index (κ3) is 0.700. The van der Waals surface area contributed by atoms with E-state index in [0.717, 1.165) is 0 Å². The van der Waals surface area contributed by atoms with Crippen LogP contribution in [0.1, 0.15) is 12.8 Å². The molecule has 8 heavy (non-hydrogen) atoms. The molecule has 0 radical (unpaired) electrons. The first kappa shape index (κ1) is 5.59. The second-order valence-corrected chi connectivity index (χ2v) is 1.94. The predicted octanol–water partition coefficient (Wildman–Crippen LogP) is -0.0970. The zero-order valence-electron chi connectivity index (χ0n) is 4.33. The van der Waals surface area contributed by atoms with Crippen molar-refractivity contribution in [2.75, 3.05) is 0 Å². The van der Waals surface area contributed by atoms with E-state index >= 15 is 0 Å². The molecule has 46 valence electrons. The first-order valence-corrected chi connectivity index (χ1v) is 2.47. The average Bonchev–Trinajstić information content (AvgIpc) is 1.86. The molecule has 1 rings (SSSR count). The summed E-state index contributed by atoms with van der Waals surface area (Å²) in [5, 5.41) is 26.0. The largest absolute Gasteiger partial charge is 0.507 e. The predicted molar refractivity (Wildman–Crippen MR) is 27.1 cm³/mol. The Kier molecular flexibility index (Phi) is 1.03. The van der Waals surface area contributed by atoms with Gasteiger partial charge in [-0.05, 0) is 12.5 Å². The zero-order valence-corrected chi connectivity index (χ0v) is 4.33. The normalized spacial score (nSPS) is 25.5. The number of hydrogen-bond donors (Lipinski definition) is 3. The molecule has 0 aromatic heterocycles. The summed E-state index contributed by atoms with van der Waals surface area (Å²) < 4.78 is 0. The summed E-state index contributed by atoms with van der Waals surface area (Å²) in [5.41, 5.74) is 0. The molecule has 0 spiro atoms. The van der Waals surface area contributed by atoms with Gasteiger partial charge in [0, 0.05) is 6.42 Å². The molecule has 0 saturated heterocycles. The third-order valence-electron chi connectivity index (χ3n) is 1.24. The topological polar surface area (TPSA) is 60.7 Å². The van der Waals surface area contributed by atoms with Gasteiger partial charge in [0.25, 0.3) is 0 Å². The summed E-state index contributed by atoms with van der Waals surface area (Å²) in [6.07, 6.45) is 2.15. The van der Waals surface area contributed by atoms with Crippen molar-refractivity contribution in [2.24, 2.45) is 0 Å². The van der Waals surface area contributed by atoms with Gasteiger partial charge in [-0.3, -0.25) is 0 Å². The van der Waals surface area contributed by atoms with E-state index in [4.69, 9.17) is 15.3 Å². The Morgan fingerprint density at radius 3 is 2.25 bits per heavy atom. The van der Waals surface area contributed by atoms with Gasteiger partial charge >= 0.3 is 0 Å².